The van der Waals surface area contributed by atoms with Crippen LogP contribution in [0.15, 0.2) is 12.1 Å². The second kappa shape index (κ2) is 3.63. The normalized spacial score (nSPS) is 12.9. The van der Waals surface area contributed by atoms with Gasteiger partial charge in [0, 0.05) is 18.7 Å². The fourth-order valence-electron chi connectivity index (χ4n) is 1.30. The molecule has 1 aliphatic heterocycles. The Morgan fingerprint density at radius 2 is 2.07 bits per heavy atom. The average molecular weight is 196 g/mol. The summed E-state index contributed by atoms with van der Waals surface area (Å²) in [5.74, 6) is 1.34. The van der Waals surface area contributed by atoms with Crippen molar-refractivity contribution in [3.05, 3.63) is 12.1 Å². The minimum atomic E-state index is 0.0634. The Balaban J connectivity index is 2.23. The first kappa shape index (κ1) is 8.96. The Morgan fingerprint density at radius 1 is 1.36 bits per heavy atom. The Morgan fingerprint density at radius 3 is 2.79 bits per heavy atom. The zero-order valence-corrected chi connectivity index (χ0v) is 7.62. The van der Waals surface area contributed by atoms with Gasteiger partial charge in [0.2, 0.25) is 6.79 Å². The molecule has 0 fully saturated rings. The van der Waals surface area contributed by atoms with Crippen LogP contribution in [0.1, 0.15) is 0 Å². The van der Waals surface area contributed by atoms with Gasteiger partial charge in [0.1, 0.15) is 0 Å². The highest BCUT2D eigenvalue weighted by molar-refractivity contribution is 5.72. The van der Waals surface area contributed by atoms with Gasteiger partial charge in [-0.1, -0.05) is 0 Å². The molecule has 0 saturated heterocycles. The molecule has 0 spiro atoms. The summed E-state index contributed by atoms with van der Waals surface area (Å²) in [6, 6.07) is 3.48. The van der Waals surface area contributed by atoms with E-state index < -0.39 is 0 Å². The number of hydrogen-bond donors (Lipinski definition) is 3. The van der Waals surface area contributed by atoms with Crippen molar-refractivity contribution in [2.45, 2.75) is 0 Å². The summed E-state index contributed by atoms with van der Waals surface area (Å²) < 4.78 is 10.4. The highest BCUT2D eigenvalue weighted by Crippen LogP contribution is 2.38. The lowest BCUT2D eigenvalue weighted by atomic mass is 10.2. The average Bonchev–Trinajstić information content (AvgIpc) is 2.61. The monoisotopic (exact) mass is 196 g/mol. The Kier molecular flexibility index (Phi) is 2.32. The van der Waals surface area contributed by atoms with Gasteiger partial charge in [-0.3, -0.25) is 0 Å². The number of benzene rings is 1. The van der Waals surface area contributed by atoms with Gasteiger partial charge in [0.05, 0.1) is 18.0 Å². The van der Waals surface area contributed by atoms with Crippen molar-refractivity contribution in [3.63, 3.8) is 0 Å². The molecule has 1 aromatic rings. The van der Waals surface area contributed by atoms with Crippen molar-refractivity contribution < 1.29 is 14.6 Å². The molecule has 0 aromatic heterocycles. The molecule has 76 valence electrons. The molecule has 4 N–H and O–H groups in total. The fraction of sp³-hybridized carbons (Fsp3) is 0.333. The van der Waals surface area contributed by atoms with Crippen LogP contribution in [0.25, 0.3) is 0 Å². The maximum atomic E-state index is 8.65. The van der Waals surface area contributed by atoms with E-state index in [4.69, 9.17) is 20.3 Å². The van der Waals surface area contributed by atoms with E-state index in [0.29, 0.717) is 23.7 Å². The summed E-state index contributed by atoms with van der Waals surface area (Å²) in [6.07, 6.45) is 0. The van der Waals surface area contributed by atoms with Crippen LogP contribution in [0.2, 0.25) is 0 Å². The molecule has 0 atom stereocenters. The summed E-state index contributed by atoms with van der Waals surface area (Å²) in [7, 11) is 0. The first-order valence-corrected chi connectivity index (χ1v) is 4.35. The standard InChI is InChI=1S/C9H12N2O3/c10-6-3-8-9(14-5-13-8)4-7(6)11-1-2-12/h3-4,11-12H,1-2,5,10H2. The van der Waals surface area contributed by atoms with E-state index in [2.05, 4.69) is 5.32 Å². The summed E-state index contributed by atoms with van der Waals surface area (Å²) in [5.41, 5.74) is 7.09. The zero-order valence-electron chi connectivity index (χ0n) is 7.62. The Bertz CT molecular complexity index is 341. The Hall–Kier alpha value is -1.62. The van der Waals surface area contributed by atoms with Gasteiger partial charge in [-0.2, -0.15) is 0 Å². The zero-order chi connectivity index (χ0) is 9.97. The van der Waals surface area contributed by atoms with Crippen molar-refractivity contribution in [1.82, 2.24) is 0 Å². The number of hydrogen-bond acceptors (Lipinski definition) is 5. The van der Waals surface area contributed by atoms with E-state index >= 15 is 0 Å². The van der Waals surface area contributed by atoms with Crippen molar-refractivity contribution in [2.75, 3.05) is 31.0 Å². The molecule has 0 radical (unpaired) electrons. The van der Waals surface area contributed by atoms with E-state index in [0.717, 1.165) is 5.69 Å². The van der Waals surface area contributed by atoms with Gasteiger partial charge in [-0.15, -0.1) is 0 Å². The van der Waals surface area contributed by atoms with Crippen LogP contribution in [-0.2, 0) is 0 Å². The van der Waals surface area contributed by atoms with Gasteiger partial charge in [0.25, 0.3) is 0 Å². The highest BCUT2D eigenvalue weighted by Gasteiger charge is 2.15. The number of rotatable bonds is 3. The number of fused-ring (bicyclic) bond motifs is 1. The molecule has 5 nitrogen and oxygen atoms in total. The van der Waals surface area contributed by atoms with Crippen LogP contribution in [0.4, 0.5) is 11.4 Å². The van der Waals surface area contributed by atoms with Crippen molar-refractivity contribution in [1.29, 1.82) is 0 Å². The van der Waals surface area contributed by atoms with Crippen LogP contribution < -0.4 is 20.5 Å². The first-order valence-electron chi connectivity index (χ1n) is 4.35. The molecule has 0 amide bonds. The van der Waals surface area contributed by atoms with Crippen molar-refractivity contribution >= 4 is 11.4 Å². The smallest absolute Gasteiger partial charge is 0.231 e. The number of ether oxygens (including phenoxy) is 2. The molecule has 0 saturated carbocycles. The van der Waals surface area contributed by atoms with Crippen LogP contribution in [-0.4, -0.2) is 25.1 Å². The highest BCUT2D eigenvalue weighted by atomic mass is 16.7. The molecular formula is C9H12N2O3. The maximum absolute atomic E-state index is 8.65. The summed E-state index contributed by atoms with van der Waals surface area (Å²) in [5, 5.41) is 11.6. The van der Waals surface area contributed by atoms with Crippen LogP contribution in [0.3, 0.4) is 0 Å². The number of aliphatic hydroxyl groups is 1. The van der Waals surface area contributed by atoms with Gasteiger partial charge < -0.3 is 25.6 Å². The lowest BCUT2D eigenvalue weighted by Crippen LogP contribution is -2.07. The predicted molar refractivity (Wildman–Crippen MR) is 52.6 cm³/mol. The SMILES string of the molecule is Nc1cc2c(cc1NCCO)OCO2. The number of nitrogens with two attached hydrogens (primary N) is 1. The van der Waals surface area contributed by atoms with Gasteiger partial charge in [0.15, 0.2) is 11.5 Å². The predicted octanol–water partition coefficient (Wildman–Crippen LogP) is 0.402. The van der Waals surface area contributed by atoms with Crippen molar-refractivity contribution in [3.8, 4) is 11.5 Å². The number of aliphatic hydroxyl groups excluding tert-OH is 1. The quantitative estimate of drug-likeness (QED) is 0.610. The molecule has 0 bridgehead atoms. The minimum absolute atomic E-state index is 0.0634. The molecule has 14 heavy (non-hydrogen) atoms. The topological polar surface area (TPSA) is 76.7 Å². The minimum Gasteiger partial charge on any atom is -0.454 e. The molecule has 1 heterocycles. The maximum Gasteiger partial charge on any atom is 0.231 e. The molecule has 0 unspecified atom stereocenters. The van der Waals surface area contributed by atoms with E-state index in [-0.39, 0.29) is 13.4 Å². The van der Waals surface area contributed by atoms with Gasteiger partial charge in [-0.25, -0.2) is 0 Å². The third kappa shape index (κ3) is 1.54. The third-order valence-corrected chi connectivity index (χ3v) is 1.97. The molecule has 0 aliphatic carbocycles. The lowest BCUT2D eigenvalue weighted by Gasteiger charge is -2.08. The summed E-state index contributed by atoms with van der Waals surface area (Å²) in [4.78, 5) is 0. The lowest BCUT2D eigenvalue weighted by molar-refractivity contribution is 0.174. The Labute approximate surface area is 81.4 Å². The van der Waals surface area contributed by atoms with Crippen LogP contribution in [0, 0.1) is 0 Å². The van der Waals surface area contributed by atoms with E-state index in [1.807, 2.05) is 0 Å². The van der Waals surface area contributed by atoms with E-state index in [1.165, 1.54) is 0 Å². The van der Waals surface area contributed by atoms with Crippen LogP contribution >= 0.6 is 0 Å². The van der Waals surface area contributed by atoms with Crippen LogP contribution in [0.5, 0.6) is 11.5 Å². The molecule has 5 heteroatoms. The largest absolute Gasteiger partial charge is 0.454 e. The summed E-state index contributed by atoms with van der Waals surface area (Å²) >= 11 is 0. The van der Waals surface area contributed by atoms with E-state index in [1.54, 1.807) is 12.1 Å². The number of nitrogen functional groups attached to an aromatic ring is 1. The molecular weight excluding hydrogens is 184 g/mol. The van der Waals surface area contributed by atoms with Crippen molar-refractivity contribution in [2.24, 2.45) is 0 Å². The second-order valence-electron chi connectivity index (χ2n) is 2.94. The van der Waals surface area contributed by atoms with E-state index in [9.17, 15) is 0 Å². The molecule has 1 aromatic carbocycles. The first-order chi connectivity index (χ1) is 6.81. The number of nitrogens with one attached hydrogen (secondary N) is 1. The third-order valence-electron chi connectivity index (χ3n) is 1.97. The molecule has 2 rings (SSSR count). The fourth-order valence-corrected chi connectivity index (χ4v) is 1.30. The van der Waals surface area contributed by atoms with Gasteiger partial charge >= 0.3 is 0 Å². The second-order valence-corrected chi connectivity index (χ2v) is 2.94. The summed E-state index contributed by atoms with van der Waals surface area (Å²) in [6.45, 7) is 0.760. The molecule has 1 aliphatic rings. The number of anilines is 2. The van der Waals surface area contributed by atoms with Gasteiger partial charge in [-0.05, 0) is 0 Å².